The molecule has 2 amide bonds. The number of aryl methyl sites for hydroxylation is 2. The Hall–Kier alpha value is -3.68. The quantitative estimate of drug-likeness (QED) is 0.679. The molecule has 0 unspecified atom stereocenters. The largest absolute Gasteiger partial charge is 0.339 e. The predicted octanol–water partition coefficient (Wildman–Crippen LogP) is 2.67. The minimum absolute atomic E-state index is 0.0538. The number of likely N-dealkylation sites (tertiary alicyclic amines) is 1. The molecule has 2 N–H and O–H groups in total. The molecule has 31 heavy (non-hydrogen) atoms. The van der Waals surface area contributed by atoms with Crippen LogP contribution in [0.4, 0.5) is 5.82 Å². The van der Waals surface area contributed by atoms with Gasteiger partial charge in [-0.1, -0.05) is 0 Å². The summed E-state index contributed by atoms with van der Waals surface area (Å²) in [6, 6.07) is 10.7. The topological polar surface area (TPSA) is 100 Å². The first kappa shape index (κ1) is 20.6. The highest BCUT2D eigenvalue weighted by Crippen LogP contribution is 2.21. The molecule has 0 saturated carbocycles. The zero-order valence-corrected chi connectivity index (χ0v) is 17.6. The van der Waals surface area contributed by atoms with Gasteiger partial charge in [-0.25, -0.2) is 9.78 Å². The first-order valence-electron chi connectivity index (χ1n) is 10.3. The van der Waals surface area contributed by atoms with Crippen LogP contribution in [0.2, 0.25) is 0 Å². The summed E-state index contributed by atoms with van der Waals surface area (Å²) in [6.45, 7) is 4.84. The minimum Gasteiger partial charge on any atom is -0.339 e. The number of benzene rings is 1. The van der Waals surface area contributed by atoms with Crippen molar-refractivity contribution >= 4 is 17.6 Å². The summed E-state index contributed by atoms with van der Waals surface area (Å²) in [5, 5.41) is 2.87. The lowest BCUT2D eigenvalue weighted by molar-refractivity contribution is -0.121. The number of anilines is 1. The van der Waals surface area contributed by atoms with Crippen LogP contribution in [0.5, 0.6) is 0 Å². The molecule has 2 aromatic heterocycles. The molecule has 1 saturated heterocycles. The van der Waals surface area contributed by atoms with Crippen molar-refractivity contribution in [2.45, 2.75) is 26.7 Å². The highest BCUT2D eigenvalue weighted by Gasteiger charge is 2.28. The molecule has 1 fully saturated rings. The summed E-state index contributed by atoms with van der Waals surface area (Å²) in [6.07, 6.45) is 4.54. The second-order valence-corrected chi connectivity index (χ2v) is 7.89. The van der Waals surface area contributed by atoms with E-state index in [1.54, 1.807) is 46.1 Å². The number of hydrogen-bond acceptors (Lipinski definition) is 4. The second kappa shape index (κ2) is 8.59. The smallest absolute Gasteiger partial charge is 0.330 e. The summed E-state index contributed by atoms with van der Waals surface area (Å²) in [4.78, 5) is 45.9. The van der Waals surface area contributed by atoms with Gasteiger partial charge in [0.2, 0.25) is 5.91 Å². The SMILES string of the molecule is Cc1ccnc(NC(=O)C2CCN(C(=O)c3ccc(-n4c(C)c[nH]c4=O)cc3)CC2)c1. The number of aromatic amines is 1. The number of H-pyrrole nitrogens is 1. The highest BCUT2D eigenvalue weighted by atomic mass is 16.2. The predicted molar refractivity (Wildman–Crippen MR) is 117 cm³/mol. The molecule has 0 radical (unpaired) electrons. The first-order valence-corrected chi connectivity index (χ1v) is 10.3. The van der Waals surface area contributed by atoms with Gasteiger partial charge in [0.15, 0.2) is 0 Å². The molecule has 1 aliphatic rings. The normalized spacial score (nSPS) is 14.5. The molecule has 3 aromatic rings. The number of rotatable bonds is 4. The molecule has 4 rings (SSSR count). The van der Waals surface area contributed by atoms with Crippen molar-refractivity contribution in [3.8, 4) is 5.69 Å². The van der Waals surface area contributed by atoms with E-state index in [1.807, 2.05) is 26.0 Å². The van der Waals surface area contributed by atoms with Gasteiger partial charge in [-0.15, -0.1) is 0 Å². The van der Waals surface area contributed by atoms with Gasteiger partial charge in [-0.3, -0.25) is 14.2 Å². The van der Waals surface area contributed by atoms with Crippen LogP contribution in [0.3, 0.4) is 0 Å². The Morgan fingerprint density at radius 3 is 2.42 bits per heavy atom. The van der Waals surface area contributed by atoms with Crippen LogP contribution in [-0.4, -0.2) is 44.3 Å². The van der Waals surface area contributed by atoms with E-state index < -0.39 is 0 Å². The van der Waals surface area contributed by atoms with Gasteiger partial charge in [0, 0.05) is 42.7 Å². The number of amides is 2. The zero-order valence-electron chi connectivity index (χ0n) is 17.6. The average Bonchev–Trinajstić information content (AvgIpc) is 3.11. The van der Waals surface area contributed by atoms with Crippen molar-refractivity contribution in [2.75, 3.05) is 18.4 Å². The molecule has 1 aliphatic heterocycles. The van der Waals surface area contributed by atoms with Crippen molar-refractivity contribution < 1.29 is 9.59 Å². The maximum absolute atomic E-state index is 12.9. The van der Waals surface area contributed by atoms with Crippen LogP contribution in [-0.2, 0) is 4.79 Å². The van der Waals surface area contributed by atoms with Crippen molar-refractivity contribution in [3.05, 3.63) is 76.1 Å². The Morgan fingerprint density at radius 1 is 1.10 bits per heavy atom. The standard InChI is InChI=1S/C23H25N5O3/c1-15-7-10-24-20(13-15)26-21(29)17-8-11-27(12-9-17)22(30)18-3-5-19(6-4-18)28-16(2)14-25-23(28)31/h3-7,10,13-14,17H,8-9,11-12H2,1-2H3,(H,25,31)(H,24,26,29). The van der Waals surface area contributed by atoms with E-state index in [-0.39, 0.29) is 23.4 Å². The van der Waals surface area contributed by atoms with Gasteiger partial charge in [0.05, 0.1) is 5.69 Å². The molecule has 8 nitrogen and oxygen atoms in total. The van der Waals surface area contributed by atoms with Crippen molar-refractivity contribution in [2.24, 2.45) is 5.92 Å². The highest BCUT2D eigenvalue weighted by molar-refractivity contribution is 5.95. The third-order valence-corrected chi connectivity index (χ3v) is 5.65. The van der Waals surface area contributed by atoms with Gasteiger partial charge in [0.1, 0.15) is 5.82 Å². The third kappa shape index (κ3) is 4.42. The summed E-state index contributed by atoms with van der Waals surface area (Å²) >= 11 is 0. The van der Waals surface area contributed by atoms with Crippen molar-refractivity contribution in [3.63, 3.8) is 0 Å². The molecule has 0 atom stereocenters. The second-order valence-electron chi connectivity index (χ2n) is 7.89. The fraction of sp³-hybridized carbons (Fsp3) is 0.304. The van der Waals surface area contributed by atoms with Crippen LogP contribution < -0.4 is 11.0 Å². The van der Waals surface area contributed by atoms with Crippen LogP contribution >= 0.6 is 0 Å². The Balaban J connectivity index is 1.36. The average molecular weight is 419 g/mol. The molecule has 8 heteroatoms. The fourth-order valence-electron chi connectivity index (χ4n) is 3.89. The Morgan fingerprint density at radius 2 is 1.81 bits per heavy atom. The molecule has 3 heterocycles. The van der Waals surface area contributed by atoms with Crippen LogP contribution in [0, 0.1) is 19.8 Å². The molecular weight excluding hydrogens is 394 g/mol. The van der Waals surface area contributed by atoms with Gasteiger partial charge in [-0.2, -0.15) is 0 Å². The van der Waals surface area contributed by atoms with E-state index in [4.69, 9.17) is 0 Å². The van der Waals surface area contributed by atoms with Crippen LogP contribution in [0.15, 0.2) is 53.6 Å². The molecule has 0 spiro atoms. The molecule has 0 bridgehead atoms. The summed E-state index contributed by atoms with van der Waals surface area (Å²) in [5.41, 5.74) is 2.90. The minimum atomic E-state index is -0.210. The van der Waals surface area contributed by atoms with Crippen molar-refractivity contribution in [1.82, 2.24) is 19.4 Å². The van der Waals surface area contributed by atoms with Crippen LogP contribution in [0.1, 0.15) is 34.5 Å². The first-order chi connectivity index (χ1) is 14.9. The fourth-order valence-corrected chi connectivity index (χ4v) is 3.89. The number of hydrogen-bond donors (Lipinski definition) is 2. The number of nitrogens with zero attached hydrogens (tertiary/aromatic N) is 3. The summed E-state index contributed by atoms with van der Waals surface area (Å²) in [7, 11) is 0. The van der Waals surface area contributed by atoms with E-state index in [1.165, 1.54) is 0 Å². The lowest BCUT2D eigenvalue weighted by Crippen LogP contribution is -2.41. The zero-order chi connectivity index (χ0) is 22.0. The number of pyridine rings is 1. The van der Waals surface area contributed by atoms with E-state index in [0.29, 0.717) is 43.0 Å². The lowest BCUT2D eigenvalue weighted by atomic mass is 9.95. The van der Waals surface area contributed by atoms with E-state index >= 15 is 0 Å². The summed E-state index contributed by atoms with van der Waals surface area (Å²) < 4.78 is 1.56. The lowest BCUT2D eigenvalue weighted by Gasteiger charge is -2.31. The number of imidazole rings is 1. The molecule has 0 aliphatic carbocycles. The van der Waals surface area contributed by atoms with Crippen molar-refractivity contribution in [1.29, 1.82) is 0 Å². The maximum atomic E-state index is 12.9. The number of carbonyl (C=O) groups is 2. The molecule has 1 aromatic carbocycles. The number of piperidine rings is 1. The monoisotopic (exact) mass is 419 g/mol. The third-order valence-electron chi connectivity index (χ3n) is 5.65. The number of nitrogens with one attached hydrogen (secondary N) is 2. The van der Waals surface area contributed by atoms with Gasteiger partial charge in [0.25, 0.3) is 5.91 Å². The van der Waals surface area contributed by atoms with Gasteiger partial charge >= 0.3 is 5.69 Å². The Kier molecular flexibility index (Phi) is 5.70. The van der Waals surface area contributed by atoms with Gasteiger partial charge < -0.3 is 15.2 Å². The molecule has 160 valence electrons. The number of aromatic nitrogens is 3. The number of carbonyl (C=O) groups excluding carboxylic acids is 2. The maximum Gasteiger partial charge on any atom is 0.330 e. The van der Waals surface area contributed by atoms with E-state index in [9.17, 15) is 14.4 Å². The Bertz CT molecular complexity index is 1150. The van der Waals surface area contributed by atoms with E-state index in [0.717, 1.165) is 11.3 Å². The summed E-state index contributed by atoms with van der Waals surface area (Å²) in [5.74, 6) is 0.295. The molecular formula is C23H25N5O3. The van der Waals surface area contributed by atoms with Gasteiger partial charge in [-0.05, 0) is 68.7 Å². The van der Waals surface area contributed by atoms with E-state index in [2.05, 4.69) is 15.3 Å². The van der Waals surface area contributed by atoms with Crippen LogP contribution in [0.25, 0.3) is 5.69 Å². The Labute approximate surface area is 179 Å².